The maximum atomic E-state index is 13.6. The SMILES string of the molecule is CC[C@H]1CN(C(=O)c2ccncc2)CC(=O)N[C@H](C)C(=O)N[C@@H](CC(C)C)C(=O)N[C@@H](Cc2ccccc2)C(=O)N1. The van der Waals surface area contributed by atoms with E-state index in [1.807, 2.05) is 51.1 Å². The van der Waals surface area contributed by atoms with E-state index in [9.17, 15) is 24.0 Å². The van der Waals surface area contributed by atoms with Crippen LogP contribution < -0.4 is 21.3 Å². The summed E-state index contributed by atoms with van der Waals surface area (Å²) in [5.74, 6) is -2.35. The number of aromatic nitrogens is 1. The highest BCUT2D eigenvalue weighted by Crippen LogP contribution is 2.11. The lowest BCUT2D eigenvalue weighted by Gasteiger charge is -2.29. The maximum absolute atomic E-state index is 13.6. The summed E-state index contributed by atoms with van der Waals surface area (Å²) >= 11 is 0. The quantitative estimate of drug-likeness (QED) is 0.414. The largest absolute Gasteiger partial charge is 0.350 e. The zero-order valence-corrected chi connectivity index (χ0v) is 24.1. The topological polar surface area (TPSA) is 150 Å². The van der Waals surface area contributed by atoms with E-state index < -0.39 is 53.7 Å². The lowest BCUT2D eigenvalue weighted by molar-refractivity contribution is -0.133. The van der Waals surface area contributed by atoms with Crippen molar-refractivity contribution in [1.29, 1.82) is 0 Å². The number of carbonyl (C=O) groups excluding carboxylic acids is 5. The van der Waals surface area contributed by atoms with Gasteiger partial charge in [0.2, 0.25) is 23.6 Å². The summed E-state index contributed by atoms with van der Waals surface area (Å²) in [6, 6.07) is 9.09. The molecule has 220 valence electrons. The molecule has 0 saturated carbocycles. The molecular weight excluding hydrogens is 524 g/mol. The van der Waals surface area contributed by atoms with Gasteiger partial charge in [0.15, 0.2) is 0 Å². The lowest BCUT2D eigenvalue weighted by Crippen LogP contribution is -2.57. The molecule has 2 heterocycles. The van der Waals surface area contributed by atoms with E-state index in [2.05, 4.69) is 26.3 Å². The van der Waals surface area contributed by atoms with Crippen LogP contribution in [0.2, 0.25) is 0 Å². The molecule has 1 saturated heterocycles. The molecule has 1 aliphatic rings. The summed E-state index contributed by atoms with van der Waals surface area (Å²) in [5.41, 5.74) is 1.18. The summed E-state index contributed by atoms with van der Waals surface area (Å²) < 4.78 is 0. The molecule has 11 nitrogen and oxygen atoms in total. The number of nitrogens with zero attached hydrogens (tertiary/aromatic N) is 2. The van der Waals surface area contributed by atoms with Crippen molar-refractivity contribution in [1.82, 2.24) is 31.2 Å². The Bertz CT molecular complexity index is 1210. The highest BCUT2D eigenvalue weighted by molar-refractivity contribution is 5.98. The number of carbonyl (C=O) groups is 5. The summed E-state index contributed by atoms with van der Waals surface area (Å²) in [5, 5.41) is 11.2. The molecule has 1 fully saturated rings. The smallest absolute Gasteiger partial charge is 0.254 e. The Hall–Kier alpha value is -4.28. The second kappa shape index (κ2) is 14.9. The molecule has 4 N–H and O–H groups in total. The van der Waals surface area contributed by atoms with Crippen LogP contribution in [-0.4, -0.2) is 76.7 Å². The van der Waals surface area contributed by atoms with Crippen molar-refractivity contribution in [3.05, 3.63) is 66.0 Å². The minimum atomic E-state index is -0.963. The highest BCUT2D eigenvalue weighted by atomic mass is 16.2. The average Bonchev–Trinajstić information content (AvgIpc) is 2.95. The number of amides is 5. The molecule has 3 rings (SSSR count). The highest BCUT2D eigenvalue weighted by Gasteiger charge is 2.32. The third-order valence-electron chi connectivity index (χ3n) is 6.86. The van der Waals surface area contributed by atoms with Gasteiger partial charge in [0, 0.05) is 37.0 Å². The minimum Gasteiger partial charge on any atom is -0.350 e. The Morgan fingerprint density at radius 2 is 1.54 bits per heavy atom. The predicted octanol–water partition coefficient (Wildman–Crippen LogP) is 1.20. The van der Waals surface area contributed by atoms with Gasteiger partial charge in [-0.15, -0.1) is 0 Å². The molecule has 4 atom stereocenters. The first kappa shape index (κ1) is 31.3. The molecule has 11 heteroatoms. The van der Waals surface area contributed by atoms with Crippen LogP contribution in [0.4, 0.5) is 0 Å². The molecule has 2 aromatic rings. The summed E-state index contributed by atoms with van der Waals surface area (Å²) in [7, 11) is 0. The van der Waals surface area contributed by atoms with Gasteiger partial charge >= 0.3 is 0 Å². The van der Waals surface area contributed by atoms with Crippen LogP contribution in [0.5, 0.6) is 0 Å². The number of hydrogen-bond acceptors (Lipinski definition) is 6. The molecule has 41 heavy (non-hydrogen) atoms. The number of benzene rings is 1. The van der Waals surface area contributed by atoms with Gasteiger partial charge in [-0.25, -0.2) is 0 Å². The van der Waals surface area contributed by atoms with Gasteiger partial charge in [-0.1, -0.05) is 51.1 Å². The lowest BCUT2D eigenvalue weighted by atomic mass is 10.0. The van der Waals surface area contributed by atoms with Gasteiger partial charge in [-0.05, 0) is 43.4 Å². The second-order valence-corrected chi connectivity index (χ2v) is 10.8. The van der Waals surface area contributed by atoms with Crippen LogP contribution in [0.25, 0.3) is 0 Å². The van der Waals surface area contributed by atoms with Gasteiger partial charge in [-0.2, -0.15) is 0 Å². The third kappa shape index (κ3) is 9.40. The van der Waals surface area contributed by atoms with Crippen molar-refractivity contribution in [2.45, 2.75) is 71.1 Å². The van der Waals surface area contributed by atoms with Crippen LogP contribution in [0.1, 0.15) is 56.5 Å². The van der Waals surface area contributed by atoms with Crippen LogP contribution in [0, 0.1) is 5.92 Å². The fraction of sp³-hybridized carbons (Fsp3) is 0.467. The standard InChI is InChI=1S/C30H40N6O5/c1-5-23-17-36(30(41)22-11-13-31-14-12-22)18-26(37)32-20(4)27(38)34-24(15-19(2)3)29(40)35-25(28(39)33-23)16-21-9-7-6-8-10-21/h6-14,19-20,23-25H,5,15-18H2,1-4H3,(H,32,37)(H,33,39)(H,34,38)(H,35,40)/t20-,23+,24+,25+/m1/s1. The van der Waals surface area contributed by atoms with Gasteiger partial charge in [0.1, 0.15) is 18.1 Å². The third-order valence-corrected chi connectivity index (χ3v) is 6.86. The van der Waals surface area contributed by atoms with E-state index in [-0.39, 0.29) is 25.4 Å². The van der Waals surface area contributed by atoms with Crippen LogP contribution in [0.3, 0.4) is 0 Å². The first-order chi connectivity index (χ1) is 19.6. The van der Waals surface area contributed by atoms with Gasteiger partial charge in [0.25, 0.3) is 5.91 Å². The Morgan fingerprint density at radius 3 is 2.17 bits per heavy atom. The minimum absolute atomic E-state index is 0.0410. The van der Waals surface area contributed by atoms with Crippen molar-refractivity contribution >= 4 is 29.5 Å². The maximum Gasteiger partial charge on any atom is 0.254 e. The number of hydrogen-bond donors (Lipinski definition) is 4. The van der Waals surface area contributed by atoms with Gasteiger partial charge in [0.05, 0.1) is 6.54 Å². The van der Waals surface area contributed by atoms with E-state index in [0.29, 0.717) is 18.4 Å². The molecule has 0 bridgehead atoms. The van der Waals surface area contributed by atoms with Crippen molar-refractivity contribution < 1.29 is 24.0 Å². The Morgan fingerprint density at radius 1 is 0.902 bits per heavy atom. The van der Waals surface area contributed by atoms with E-state index in [0.717, 1.165) is 5.56 Å². The first-order valence-electron chi connectivity index (χ1n) is 14.0. The van der Waals surface area contributed by atoms with E-state index >= 15 is 0 Å². The molecular formula is C30H40N6O5. The van der Waals surface area contributed by atoms with E-state index in [4.69, 9.17) is 0 Å². The Labute approximate surface area is 240 Å². The monoisotopic (exact) mass is 564 g/mol. The fourth-order valence-corrected chi connectivity index (χ4v) is 4.60. The number of nitrogens with one attached hydrogen (secondary N) is 4. The molecule has 1 aromatic heterocycles. The van der Waals surface area contributed by atoms with E-state index in [1.54, 1.807) is 12.1 Å². The molecule has 1 aromatic carbocycles. The van der Waals surface area contributed by atoms with Crippen molar-refractivity contribution in [3.63, 3.8) is 0 Å². The van der Waals surface area contributed by atoms with Gasteiger partial charge in [-0.3, -0.25) is 29.0 Å². The van der Waals surface area contributed by atoms with Crippen LogP contribution in [0.15, 0.2) is 54.9 Å². The van der Waals surface area contributed by atoms with Crippen molar-refractivity contribution in [2.75, 3.05) is 13.1 Å². The van der Waals surface area contributed by atoms with E-state index in [1.165, 1.54) is 24.2 Å². The molecule has 0 aliphatic carbocycles. The predicted molar refractivity (Wildman–Crippen MR) is 153 cm³/mol. The summed E-state index contributed by atoms with van der Waals surface area (Å²) in [4.78, 5) is 71.8. The van der Waals surface area contributed by atoms with Crippen molar-refractivity contribution in [3.8, 4) is 0 Å². The molecule has 0 radical (unpaired) electrons. The first-order valence-corrected chi connectivity index (χ1v) is 14.0. The number of rotatable bonds is 6. The number of pyridine rings is 1. The Balaban J connectivity index is 1.97. The molecule has 0 spiro atoms. The average molecular weight is 565 g/mol. The zero-order chi connectivity index (χ0) is 29.9. The summed E-state index contributed by atoms with van der Waals surface area (Å²) in [6.45, 7) is 6.94. The Kier molecular flexibility index (Phi) is 11.4. The van der Waals surface area contributed by atoms with Crippen molar-refractivity contribution in [2.24, 2.45) is 5.92 Å². The summed E-state index contributed by atoms with van der Waals surface area (Å²) in [6.07, 6.45) is 4.00. The molecule has 5 amide bonds. The molecule has 1 aliphatic heterocycles. The van der Waals surface area contributed by atoms with Crippen LogP contribution >= 0.6 is 0 Å². The zero-order valence-electron chi connectivity index (χ0n) is 24.1. The second-order valence-electron chi connectivity index (χ2n) is 10.8. The molecule has 0 unspecified atom stereocenters. The van der Waals surface area contributed by atoms with Gasteiger partial charge < -0.3 is 26.2 Å². The fourth-order valence-electron chi connectivity index (χ4n) is 4.60. The normalized spacial score (nSPS) is 23.0. The van der Waals surface area contributed by atoms with Crippen LogP contribution in [-0.2, 0) is 25.6 Å².